The third-order valence-corrected chi connectivity index (χ3v) is 5.33. The van der Waals surface area contributed by atoms with Crippen LogP contribution >= 0.6 is 0 Å². The summed E-state index contributed by atoms with van der Waals surface area (Å²) in [7, 11) is -3.86. The average molecular weight is 452 g/mol. The summed E-state index contributed by atoms with van der Waals surface area (Å²) < 4.78 is 28.3. The van der Waals surface area contributed by atoms with Crippen LogP contribution in [0.4, 0.5) is 11.4 Å². The molecule has 10 nitrogen and oxygen atoms in total. The Kier molecular flexibility index (Phi) is 6.20. The zero-order valence-corrected chi connectivity index (χ0v) is 17.4. The number of hydrogen-bond acceptors (Lipinski definition) is 7. The second-order valence-corrected chi connectivity index (χ2v) is 8.21. The van der Waals surface area contributed by atoms with E-state index in [1.54, 1.807) is 31.2 Å². The quantitative estimate of drug-likeness (QED) is 0.250. The maximum atomic E-state index is 12.4. The van der Waals surface area contributed by atoms with E-state index in [1.807, 2.05) is 0 Å². The Morgan fingerprint density at radius 2 is 1.88 bits per heavy atom. The number of benzene rings is 2. The van der Waals surface area contributed by atoms with Gasteiger partial charge in [0.1, 0.15) is 23.2 Å². The van der Waals surface area contributed by atoms with Gasteiger partial charge in [0.15, 0.2) is 0 Å². The molecule has 0 aliphatic rings. The van der Waals surface area contributed by atoms with Crippen molar-refractivity contribution >= 4 is 33.4 Å². The van der Waals surface area contributed by atoms with Crippen molar-refractivity contribution in [2.45, 2.75) is 11.8 Å². The maximum absolute atomic E-state index is 12.4. The Morgan fingerprint density at radius 1 is 1.19 bits per heavy atom. The molecule has 0 spiro atoms. The number of nitrogens with zero attached hydrogens (tertiary/aromatic N) is 2. The summed E-state index contributed by atoms with van der Waals surface area (Å²) in [5.74, 6) is -0.0747. The van der Waals surface area contributed by atoms with Crippen LogP contribution in [0.3, 0.4) is 0 Å². The number of nitrogens with one attached hydrogen (secondary N) is 1. The van der Waals surface area contributed by atoms with Crippen molar-refractivity contribution in [3.63, 3.8) is 0 Å². The Bertz CT molecular complexity index is 1380. The summed E-state index contributed by atoms with van der Waals surface area (Å²) in [6.45, 7) is 1.70. The Balaban J connectivity index is 1.80. The molecule has 0 atom stereocenters. The van der Waals surface area contributed by atoms with Crippen LogP contribution < -0.4 is 10.5 Å². The van der Waals surface area contributed by atoms with Gasteiger partial charge in [0.05, 0.1) is 9.82 Å². The first-order valence-electron chi connectivity index (χ1n) is 9.00. The van der Waals surface area contributed by atoms with Crippen LogP contribution in [0.15, 0.2) is 69.5 Å². The predicted molar refractivity (Wildman–Crippen MR) is 116 cm³/mol. The van der Waals surface area contributed by atoms with Gasteiger partial charge in [-0.25, -0.2) is 13.6 Å². The smallest absolute Gasteiger partial charge is 0.269 e. The normalized spacial score (nSPS) is 11.6. The lowest BCUT2D eigenvalue weighted by Gasteiger charge is -2.05. The molecule has 0 saturated carbocycles. The standard InChI is InChI=1S/C21H16N4O6S/c1-13-10-16(25(27)28)4-8-19(13)20-9-5-17(31-20)11-14(12-22)21(26)24-15-2-6-18(7-3-15)32(23,29)30/h2-11H,1H3,(H,24,26)(H2,23,29,30). The van der Waals surface area contributed by atoms with Crippen molar-refractivity contribution in [1.82, 2.24) is 0 Å². The van der Waals surface area contributed by atoms with Gasteiger partial charge in [-0.2, -0.15) is 5.26 Å². The van der Waals surface area contributed by atoms with E-state index in [0.717, 1.165) is 0 Å². The lowest BCUT2D eigenvalue weighted by Crippen LogP contribution is -2.14. The minimum Gasteiger partial charge on any atom is -0.457 e. The highest BCUT2D eigenvalue weighted by atomic mass is 32.2. The summed E-state index contributed by atoms with van der Waals surface area (Å²) >= 11 is 0. The second-order valence-electron chi connectivity index (χ2n) is 6.65. The monoisotopic (exact) mass is 452 g/mol. The van der Waals surface area contributed by atoms with Crippen molar-refractivity contribution < 1.29 is 22.6 Å². The number of aryl methyl sites for hydroxylation is 1. The first kappa shape index (κ1) is 22.4. The number of nitro benzene ring substituents is 1. The molecule has 32 heavy (non-hydrogen) atoms. The van der Waals surface area contributed by atoms with Crippen LogP contribution in [0.5, 0.6) is 0 Å². The van der Waals surface area contributed by atoms with Crippen molar-refractivity contribution in [1.29, 1.82) is 5.26 Å². The van der Waals surface area contributed by atoms with E-state index in [4.69, 9.17) is 9.56 Å². The summed E-state index contributed by atoms with van der Waals surface area (Å²) in [6.07, 6.45) is 1.25. The molecule has 11 heteroatoms. The van der Waals surface area contributed by atoms with Gasteiger partial charge in [0.25, 0.3) is 11.6 Å². The van der Waals surface area contributed by atoms with E-state index in [0.29, 0.717) is 16.9 Å². The minimum absolute atomic E-state index is 0.0431. The molecule has 3 N–H and O–H groups in total. The molecular weight excluding hydrogens is 436 g/mol. The van der Waals surface area contributed by atoms with Crippen LogP contribution in [0, 0.1) is 28.4 Å². The van der Waals surface area contributed by atoms with Crippen molar-refractivity contribution in [3.05, 3.63) is 81.6 Å². The fraction of sp³-hybridized carbons (Fsp3) is 0.0476. The van der Waals surface area contributed by atoms with Gasteiger partial charge in [-0.3, -0.25) is 14.9 Å². The van der Waals surface area contributed by atoms with Crippen LogP contribution in [0.1, 0.15) is 11.3 Å². The lowest BCUT2D eigenvalue weighted by atomic mass is 10.1. The lowest BCUT2D eigenvalue weighted by molar-refractivity contribution is -0.384. The van der Waals surface area contributed by atoms with Gasteiger partial charge in [-0.15, -0.1) is 0 Å². The topological polar surface area (TPSA) is 169 Å². The summed E-state index contributed by atoms with van der Waals surface area (Å²) in [4.78, 5) is 22.7. The molecule has 0 unspecified atom stereocenters. The van der Waals surface area contributed by atoms with Gasteiger partial charge in [0.2, 0.25) is 10.0 Å². The Hall–Kier alpha value is -4.27. The average Bonchev–Trinajstić information content (AvgIpc) is 3.19. The van der Waals surface area contributed by atoms with E-state index >= 15 is 0 Å². The zero-order chi connectivity index (χ0) is 23.5. The highest BCUT2D eigenvalue weighted by Crippen LogP contribution is 2.29. The number of carbonyl (C=O) groups is 1. The number of anilines is 1. The summed E-state index contributed by atoms with van der Waals surface area (Å²) in [5.41, 5.74) is 1.24. The molecule has 0 bridgehead atoms. The van der Waals surface area contributed by atoms with Gasteiger partial charge in [-0.05, 0) is 55.0 Å². The van der Waals surface area contributed by atoms with Crippen molar-refractivity contribution in [3.8, 4) is 17.4 Å². The molecule has 2 aromatic carbocycles. The Labute approximate surface area is 182 Å². The van der Waals surface area contributed by atoms with Crippen LogP contribution in [0.2, 0.25) is 0 Å². The third-order valence-electron chi connectivity index (χ3n) is 4.41. The minimum atomic E-state index is -3.86. The number of rotatable bonds is 6. The fourth-order valence-corrected chi connectivity index (χ4v) is 3.35. The van der Waals surface area contributed by atoms with E-state index in [-0.39, 0.29) is 27.6 Å². The largest absolute Gasteiger partial charge is 0.457 e. The first-order valence-corrected chi connectivity index (χ1v) is 10.5. The van der Waals surface area contributed by atoms with Gasteiger partial charge in [0, 0.05) is 29.5 Å². The number of sulfonamides is 1. The van der Waals surface area contributed by atoms with Crippen molar-refractivity contribution in [2.75, 3.05) is 5.32 Å². The number of nitrogens with two attached hydrogens (primary N) is 1. The second kappa shape index (κ2) is 8.84. The third kappa shape index (κ3) is 5.07. The van der Waals surface area contributed by atoms with E-state index in [9.17, 15) is 28.6 Å². The predicted octanol–water partition coefficient (Wildman–Crippen LogP) is 3.36. The molecule has 162 valence electrons. The summed E-state index contributed by atoms with van der Waals surface area (Å²) in [5, 5.41) is 27.8. The SMILES string of the molecule is Cc1cc([N+](=O)[O-])ccc1-c1ccc(C=C(C#N)C(=O)Nc2ccc(S(N)(=O)=O)cc2)o1. The van der Waals surface area contributed by atoms with E-state index in [2.05, 4.69) is 5.32 Å². The molecular formula is C21H16N4O6S. The van der Waals surface area contributed by atoms with E-state index < -0.39 is 20.9 Å². The fourth-order valence-electron chi connectivity index (χ4n) is 2.83. The number of amides is 1. The molecule has 1 aromatic heterocycles. The van der Waals surface area contributed by atoms with Gasteiger partial charge < -0.3 is 9.73 Å². The molecule has 1 amide bonds. The van der Waals surface area contributed by atoms with Crippen LogP contribution in [-0.2, 0) is 14.8 Å². The van der Waals surface area contributed by atoms with Crippen LogP contribution in [-0.4, -0.2) is 19.2 Å². The molecule has 0 fully saturated rings. The molecule has 0 radical (unpaired) electrons. The van der Waals surface area contributed by atoms with Gasteiger partial charge >= 0.3 is 0 Å². The molecule has 3 rings (SSSR count). The first-order chi connectivity index (χ1) is 15.1. The molecule has 0 aliphatic heterocycles. The molecule has 0 aliphatic carbocycles. The molecule has 1 heterocycles. The number of primary sulfonamides is 1. The number of hydrogen-bond donors (Lipinski definition) is 2. The van der Waals surface area contributed by atoms with Crippen molar-refractivity contribution in [2.24, 2.45) is 5.14 Å². The Morgan fingerprint density at radius 3 is 2.44 bits per heavy atom. The number of carbonyl (C=O) groups excluding carboxylic acids is 1. The number of nitriles is 1. The van der Waals surface area contributed by atoms with Gasteiger partial charge in [-0.1, -0.05) is 0 Å². The highest BCUT2D eigenvalue weighted by Gasteiger charge is 2.15. The zero-order valence-electron chi connectivity index (χ0n) is 16.6. The number of nitro groups is 1. The molecule has 0 saturated heterocycles. The van der Waals surface area contributed by atoms with E-state index in [1.165, 1.54) is 42.5 Å². The number of non-ortho nitro benzene ring substituents is 1. The van der Waals surface area contributed by atoms with Crippen LogP contribution in [0.25, 0.3) is 17.4 Å². The maximum Gasteiger partial charge on any atom is 0.269 e. The summed E-state index contributed by atoms with van der Waals surface area (Å²) in [6, 6.07) is 14.4. The molecule has 3 aromatic rings. The highest BCUT2D eigenvalue weighted by molar-refractivity contribution is 7.89. The number of furan rings is 1.